The Morgan fingerprint density at radius 1 is 0.823 bits per heavy atom. The Labute approximate surface area is 572 Å². The predicted octanol–water partition coefficient (Wildman–Crippen LogP) is 7.26. The van der Waals surface area contributed by atoms with Crippen LogP contribution in [0.1, 0.15) is 175 Å². The first-order valence-corrected chi connectivity index (χ1v) is 35.3. The monoisotopic (exact) mass is 1350 g/mol. The van der Waals surface area contributed by atoms with Gasteiger partial charge in [-0.15, -0.1) is 11.3 Å². The van der Waals surface area contributed by atoms with Crippen molar-refractivity contribution in [3.63, 3.8) is 0 Å². The van der Waals surface area contributed by atoms with Crippen LogP contribution >= 0.6 is 11.3 Å². The van der Waals surface area contributed by atoms with Gasteiger partial charge in [0.2, 0.25) is 41.4 Å². The molecule has 8 N–H and O–H groups in total. The summed E-state index contributed by atoms with van der Waals surface area (Å²) in [5.74, 6) is -4.35. The van der Waals surface area contributed by atoms with Crippen LogP contribution in [0, 0.1) is 23.7 Å². The minimum atomic E-state index is -1.10. The molecule has 5 rings (SSSR count). The number of anilines is 1. The quantitative estimate of drug-likeness (QED) is 0.0196. The van der Waals surface area contributed by atoms with Gasteiger partial charge in [-0.05, 0) is 133 Å². The number of nitrogens with zero attached hydrogens (tertiary/aromatic N) is 5. The number of primary amides is 1. The van der Waals surface area contributed by atoms with Gasteiger partial charge >= 0.3 is 6.03 Å². The van der Waals surface area contributed by atoms with Gasteiger partial charge < -0.3 is 56.9 Å². The molecule has 1 saturated heterocycles. The molecule has 0 radical (unpaired) electrons. The van der Waals surface area contributed by atoms with Crippen LogP contribution in [-0.4, -0.2) is 187 Å². The van der Waals surface area contributed by atoms with Gasteiger partial charge in [0.05, 0.1) is 48.7 Å². The third kappa shape index (κ3) is 24.0. The van der Waals surface area contributed by atoms with E-state index in [1.807, 2.05) is 82.8 Å². The Hall–Kier alpha value is -7.35. The van der Waals surface area contributed by atoms with Crippen molar-refractivity contribution in [2.45, 2.75) is 220 Å². The van der Waals surface area contributed by atoms with Crippen molar-refractivity contribution in [3.05, 3.63) is 81.9 Å². The summed E-state index contributed by atoms with van der Waals surface area (Å²) in [4.78, 5) is 146. The number of methoxy groups -OCH3 is 2. The van der Waals surface area contributed by atoms with Crippen LogP contribution in [0.5, 0.6) is 0 Å². The van der Waals surface area contributed by atoms with Gasteiger partial charge in [-0.2, -0.15) is 0 Å². The summed E-state index contributed by atoms with van der Waals surface area (Å²) in [6.07, 6.45) is 16.4. The highest BCUT2D eigenvalue weighted by Gasteiger charge is 2.44. The number of rotatable bonds is 40. The number of carbonyl (C=O) groups is 10. The summed E-state index contributed by atoms with van der Waals surface area (Å²) in [7, 11) is 6.74. The van der Waals surface area contributed by atoms with Crippen LogP contribution in [0.15, 0.2) is 71.3 Å². The number of aromatic nitrogens is 1. The highest BCUT2D eigenvalue weighted by molar-refractivity contribution is 7.09. The second kappa shape index (κ2) is 39.8. The molecule has 532 valence electrons. The first-order chi connectivity index (χ1) is 45.7. The van der Waals surface area contributed by atoms with Gasteiger partial charge in [0, 0.05) is 83.3 Å². The third-order valence-corrected chi connectivity index (χ3v) is 19.5. The molecule has 2 aromatic rings. The highest BCUT2D eigenvalue weighted by Crippen LogP contribution is 2.33. The zero-order chi connectivity index (χ0) is 70.8. The van der Waals surface area contributed by atoms with Crippen molar-refractivity contribution >= 4 is 76.2 Å². The molecule has 96 heavy (non-hydrogen) atoms. The molecule has 11 atom stereocenters. The molecule has 0 spiro atoms. The number of urea groups is 1. The number of unbranched alkanes of at least 4 members (excludes halogenated alkanes) is 2. The van der Waals surface area contributed by atoms with Gasteiger partial charge in [0.25, 0.3) is 11.8 Å². The maximum Gasteiger partial charge on any atom is 0.312 e. The Kier molecular flexibility index (Phi) is 32.9. The Morgan fingerprint density at radius 2 is 1.53 bits per heavy atom. The lowest BCUT2D eigenvalue weighted by Crippen LogP contribution is -2.60. The van der Waals surface area contributed by atoms with E-state index >= 15 is 0 Å². The Morgan fingerprint density at radius 3 is 2.12 bits per heavy atom. The molecule has 11 amide bonds. The van der Waals surface area contributed by atoms with E-state index in [-0.39, 0.29) is 104 Å². The first-order valence-electron chi connectivity index (χ1n) is 34.4. The second-order valence-corrected chi connectivity index (χ2v) is 27.9. The van der Waals surface area contributed by atoms with Gasteiger partial charge in [0.1, 0.15) is 23.1 Å². The zero-order valence-corrected chi connectivity index (χ0v) is 59.9. The molecule has 1 aromatic heterocycles. The molecule has 3 aliphatic rings. The number of ether oxygens (including phenoxy) is 2. The van der Waals surface area contributed by atoms with E-state index < -0.39 is 72.1 Å². The first kappa shape index (κ1) is 79.3. The van der Waals surface area contributed by atoms with E-state index in [0.29, 0.717) is 63.7 Å². The number of carbonyl (C=O) groups excluding carboxylic acids is 10. The minimum absolute atomic E-state index is 0.0190. The van der Waals surface area contributed by atoms with Crippen molar-refractivity contribution in [3.8, 4) is 0 Å². The van der Waals surface area contributed by atoms with E-state index in [2.05, 4.69) is 43.0 Å². The summed E-state index contributed by atoms with van der Waals surface area (Å²) >= 11 is 1.52. The largest absolute Gasteiger partial charge is 0.379 e. The van der Waals surface area contributed by atoms with Crippen LogP contribution in [0.3, 0.4) is 0 Å². The standard InChI is InChI=1S/C71H110N12O12S/c1-14-47(8)63(56(94-12)43-60(87)82-38-22-26-55(82)64(95-13)48(9)65(88)78-54(69-73-36-40-96-69)42-50-23-17-15-18-24-50)81(11)70(92)61(45(4)5)79-68(91)62(46(6)7)80(10)39-34-49-28-30-51(31-29-49)75-66(89)52(25-21-35-74-71(72)93)77-67(90)53(41-44(2)3)76-57(84)27-19-16-20-37-83-58(85)32-33-59(83)86/h23,28-33,36,40-41,45-48,52-56,61-64H,14-22,24-27,34-35,37-39,42-43H2,1-13H3,(H,75,89)(H,76,84)(H,77,90)(H,78,88)(H,79,91)(H3,72,74,93)/t47-,48+,52-,53?,54-,55-,56+,61-,62-,63-,64+/m0/s1. The molecule has 0 bridgehead atoms. The summed E-state index contributed by atoms with van der Waals surface area (Å²) in [5.41, 5.74) is 8.72. The van der Waals surface area contributed by atoms with Gasteiger partial charge in [-0.3, -0.25) is 53.0 Å². The van der Waals surface area contributed by atoms with Crippen molar-refractivity contribution in [2.24, 2.45) is 29.4 Å². The molecule has 1 fully saturated rings. The van der Waals surface area contributed by atoms with Crippen LogP contribution in [0.2, 0.25) is 0 Å². The second-order valence-electron chi connectivity index (χ2n) is 26.9. The molecular weight excluding hydrogens is 1240 g/mol. The van der Waals surface area contributed by atoms with Crippen molar-refractivity contribution in [1.82, 2.24) is 51.2 Å². The number of nitrogens with one attached hydrogen (secondary N) is 6. The summed E-state index contributed by atoms with van der Waals surface area (Å²) in [6, 6.07) is 1.57. The van der Waals surface area contributed by atoms with Crippen LogP contribution in [0.25, 0.3) is 0 Å². The lowest BCUT2D eigenvalue weighted by molar-refractivity contribution is -0.148. The lowest BCUT2D eigenvalue weighted by atomic mass is 9.89. The van der Waals surface area contributed by atoms with Gasteiger partial charge in [-0.1, -0.05) is 96.7 Å². The van der Waals surface area contributed by atoms with Gasteiger partial charge in [0.15, 0.2) is 0 Å². The highest BCUT2D eigenvalue weighted by atomic mass is 32.1. The number of nitrogens with two attached hydrogens (primary N) is 1. The minimum Gasteiger partial charge on any atom is -0.379 e. The van der Waals surface area contributed by atoms with Crippen LogP contribution in [0.4, 0.5) is 10.5 Å². The van der Waals surface area contributed by atoms with E-state index in [1.54, 1.807) is 64.4 Å². The van der Waals surface area contributed by atoms with Crippen molar-refractivity contribution in [1.29, 1.82) is 0 Å². The number of imide groups is 1. The summed E-state index contributed by atoms with van der Waals surface area (Å²) < 4.78 is 12.3. The number of amides is 11. The predicted molar refractivity (Wildman–Crippen MR) is 372 cm³/mol. The normalized spacial score (nSPS) is 17.9. The average molecular weight is 1360 g/mol. The fourth-order valence-electron chi connectivity index (χ4n) is 13.2. The van der Waals surface area contributed by atoms with E-state index in [9.17, 15) is 47.9 Å². The lowest BCUT2D eigenvalue weighted by Gasteiger charge is -2.41. The van der Waals surface area contributed by atoms with E-state index in [4.69, 9.17) is 15.2 Å². The third-order valence-electron chi connectivity index (χ3n) is 18.6. The van der Waals surface area contributed by atoms with Crippen molar-refractivity contribution < 1.29 is 57.4 Å². The van der Waals surface area contributed by atoms with Crippen LogP contribution in [-0.2, 0) is 59.0 Å². The SMILES string of the molecule is CC[C@H](C)[C@@H]([C@@H](CC(=O)N1CCC[C@H]1[C@H](OC)[C@@H](C)C(=O)N[C@@H](CC1=CCCCC1)c1nccs1)OC)N(C)C(=O)[C@@H](NC(=O)[C@H](C(C)C)N(C)CCc1ccc(NC(=O)[C@H](CCCNC(N)=O)NC(=O)C(C=C(C)C)NC(=O)CCCCCN2C(=O)C=CC2=O)cc1)C(C)C. The smallest absolute Gasteiger partial charge is 0.312 e. The molecular formula is C71H110N12O12S. The number of likely N-dealkylation sites (tertiary alicyclic amines) is 1. The summed E-state index contributed by atoms with van der Waals surface area (Å²) in [6.45, 7) is 18.5. The number of hydrogen-bond acceptors (Lipinski definition) is 15. The number of allylic oxidation sites excluding steroid dienone is 2. The van der Waals surface area contributed by atoms with E-state index in [1.165, 1.54) is 35.5 Å². The number of thiazole rings is 1. The molecule has 1 unspecified atom stereocenters. The Bertz CT molecular complexity index is 2990. The van der Waals surface area contributed by atoms with Crippen molar-refractivity contribution in [2.75, 3.05) is 59.8 Å². The molecule has 24 nitrogen and oxygen atoms in total. The molecule has 0 saturated carbocycles. The number of benzene rings is 1. The summed E-state index contributed by atoms with van der Waals surface area (Å²) in [5, 5.41) is 20.1. The zero-order valence-electron chi connectivity index (χ0n) is 59.0. The Balaban J connectivity index is 1.19. The fraction of sp³-hybridized carbons (Fsp3) is 0.648. The maximum absolute atomic E-state index is 14.9. The van der Waals surface area contributed by atoms with Crippen LogP contribution < -0.4 is 37.6 Å². The number of hydrogen-bond donors (Lipinski definition) is 7. The maximum atomic E-state index is 14.9. The fourth-order valence-corrected chi connectivity index (χ4v) is 13.9. The average Bonchev–Trinajstić information content (AvgIpc) is 1.16. The number of likely N-dealkylation sites (N-methyl/N-ethyl adjacent to an activating group) is 2. The molecule has 1 aromatic carbocycles. The molecule has 3 heterocycles. The molecule has 25 heteroatoms. The topological polar surface area (TPSA) is 313 Å². The van der Waals surface area contributed by atoms with E-state index in [0.717, 1.165) is 46.7 Å². The van der Waals surface area contributed by atoms with Gasteiger partial charge in [-0.25, -0.2) is 9.78 Å². The molecule has 1 aliphatic carbocycles. The molecule has 2 aliphatic heterocycles.